The van der Waals surface area contributed by atoms with Crippen molar-refractivity contribution in [2.24, 2.45) is 11.8 Å². The number of likely N-dealkylation sites (tertiary alicyclic amines) is 1. The molecule has 2 aliphatic heterocycles. The van der Waals surface area contributed by atoms with Gasteiger partial charge in [0.05, 0.1) is 5.92 Å². The predicted molar refractivity (Wildman–Crippen MR) is 121 cm³/mol. The number of benzene rings is 1. The normalized spacial score (nSPS) is 22.8. The number of halogens is 1. The number of hydrogen-bond donors (Lipinski definition) is 1. The van der Waals surface area contributed by atoms with Gasteiger partial charge in [0.1, 0.15) is 5.82 Å². The molecule has 0 unspecified atom stereocenters. The number of rotatable bonds is 8. The van der Waals surface area contributed by atoms with Crippen LogP contribution in [0.1, 0.15) is 40.0 Å². The molecular weight excluding hydrogens is 395 g/mol. The molecule has 31 heavy (non-hydrogen) atoms. The molecule has 2 aliphatic rings. The molecule has 0 radical (unpaired) electrons. The van der Waals surface area contributed by atoms with Gasteiger partial charge in [-0.1, -0.05) is 13.8 Å². The summed E-state index contributed by atoms with van der Waals surface area (Å²) in [4.78, 5) is 31.6. The number of anilines is 1. The number of nitrogens with one attached hydrogen (secondary N) is 1. The van der Waals surface area contributed by atoms with Crippen LogP contribution in [0, 0.1) is 17.7 Å². The van der Waals surface area contributed by atoms with Gasteiger partial charge in [-0.05, 0) is 56.5 Å². The lowest BCUT2D eigenvalue weighted by Gasteiger charge is -2.39. The Morgan fingerprint density at radius 3 is 2.48 bits per heavy atom. The van der Waals surface area contributed by atoms with E-state index in [2.05, 4.69) is 29.0 Å². The van der Waals surface area contributed by atoms with Crippen LogP contribution in [0.3, 0.4) is 0 Å². The van der Waals surface area contributed by atoms with Crippen LogP contribution in [0.4, 0.5) is 10.1 Å². The molecule has 2 fully saturated rings. The molecule has 2 saturated heterocycles. The summed E-state index contributed by atoms with van der Waals surface area (Å²) in [6, 6.07) is 6.65. The molecule has 1 aromatic carbocycles. The number of amides is 2. The summed E-state index contributed by atoms with van der Waals surface area (Å²) in [6.07, 6.45) is 2.03. The van der Waals surface area contributed by atoms with Crippen molar-refractivity contribution in [1.29, 1.82) is 0 Å². The minimum atomic E-state index is -0.203. The van der Waals surface area contributed by atoms with Crippen molar-refractivity contribution in [1.82, 2.24) is 15.1 Å². The van der Waals surface area contributed by atoms with E-state index in [1.165, 1.54) is 12.1 Å². The van der Waals surface area contributed by atoms with Crippen LogP contribution in [-0.2, 0) is 9.59 Å². The Morgan fingerprint density at radius 1 is 1.16 bits per heavy atom. The largest absolute Gasteiger partial charge is 0.369 e. The van der Waals surface area contributed by atoms with Gasteiger partial charge in [-0.2, -0.15) is 0 Å². The van der Waals surface area contributed by atoms with E-state index in [1.54, 1.807) is 0 Å². The van der Waals surface area contributed by atoms with Crippen LogP contribution in [0.25, 0.3) is 0 Å². The first-order valence-corrected chi connectivity index (χ1v) is 11.6. The highest BCUT2D eigenvalue weighted by Gasteiger charge is 2.36. The average molecular weight is 433 g/mol. The second-order valence-electron chi connectivity index (χ2n) is 9.28. The minimum absolute atomic E-state index is 0.0387. The SMILES string of the molecule is CC(C)CN1C(=O)CC[C@@H](C(=O)NCCCN2CCN(c3ccc(F)cc3)CC2)[C@H]1C. The lowest BCUT2D eigenvalue weighted by Crippen LogP contribution is -2.53. The van der Waals surface area contributed by atoms with Gasteiger partial charge in [0.25, 0.3) is 0 Å². The molecule has 0 bridgehead atoms. The maximum atomic E-state index is 13.1. The van der Waals surface area contributed by atoms with Gasteiger partial charge in [0.15, 0.2) is 0 Å². The molecule has 0 aliphatic carbocycles. The Morgan fingerprint density at radius 2 is 1.84 bits per heavy atom. The number of hydrogen-bond acceptors (Lipinski definition) is 4. The highest BCUT2D eigenvalue weighted by Crippen LogP contribution is 2.25. The number of carbonyl (C=O) groups excluding carboxylic acids is 2. The Hall–Kier alpha value is -2.15. The standard InChI is InChI=1S/C24H37FN4O2/c1-18(2)17-29-19(3)22(9-10-23(29)30)24(31)26-11-4-12-27-13-15-28(16-14-27)21-7-5-20(25)6-8-21/h5-8,18-19,22H,4,9-17H2,1-3H3,(H,26,31)/t19-,22-/m1/s1. The number of nitrogens with zero attached hydrogens (tertiary/aromatic N) is 3. The first-order valence-electron chi connectivity index (χ1n) is 11.6. The zero-order valence-electron chi connectivity index (χ0n) is 19.1. The molecule has 0 aromatic heterocycles. The van der Waals surface area contributed by atoms with Gasteiger partial charge in [-0.15, -0.1) is 0 Å². The fraction of sp³-hybridized carbons (Fsp3) is 0.667. The summed E-state index contributed by atoms with van der Waals surface area (Å²) in [5.41, 5.74) is 1.07. The number of piperazine rings is 1. The third kappa shape index (κ3) is 6.42. The topological polar surface area (TPSA) is 55.9 Å². The Labute approximate surface area is 185 Å². The van der Waals surface area contributed by atoms with Crippen LogP contribution in [0.2, 0.25) is 0 Å². The summed E-state index contributed by atoms with van der Waals surface area (Å²) < 4.78 is 13.1. The number of piperidine rings is 1. The maximum absolute atomic E-state index is 13.1. The molecule has 0 spiro atoms. The van der Waals surface area contributed by atoms with Crippen molar-refractivity contribution in [3.8, 4) is 0 Å². The van der Waals surface area contributed by atoms with Gasteiger partial charge < -0.3 is 15.1 Å². The van der Waals surface area contributed by atoms with Crippen LogP contribution >= 0.6 is 0 Å². The van der Waals surface area contributed by atoms with E-state index < -0.39 is 0 Å². The number of carbonyl (C=O) groups is 2. The van der Waals surface area contributed by atoms with Crippen molar-refractivity contribution in [3.05, 3.63) is 30.1 Å². The summed E-state index contributed by atoms with van der Waals surface area (Å²) in [7, 11) is 0. The zero-order chi connectivity index (χ0) is 22.4. The first kappa shape index (κ1) is 23.5. The lowest BCUT2D eigenvalue weighted by molar-refractivity contribution is -0.143. The van der Waals surface area contributed by atoms with Crippen molar-refractivity contribution in [3.63, 3.8) is 0 Å². The van der Waals surface area contributed by atoms with Crippen LogP contribution in [0.15, 0.2) is 24.3 Å². The Balaban J connectivity index is 1.35. The molecule has 2 heterocycles. The highest BCUT2D eigenvalue weighted by molar-refractivity contribution is 5.84. The Bertz CT molecular complexity index is 732. The van der Waals surface area contributed by atoms with Crippen molar-refractivity contribution >= 4 is 17.5 Å². The molecule has 6 nitrogen and oxygen atoms in total. The zero-order valence-corrected chi connectivity index (χ0v) is 19.1. The van der Waals surface area contributed by atoms with Gasteiger partial charge in [0, 0.05) is 57.4 Å². The van der Waals surface area contributed by atoms with Gasteiger partial charge in [0.2, 0.25) is 11.8 Å². The first-order chi connectivity index (χ1) is 14.8. The molecule has 3 rings (SSSR count). The van der Waals surface area contributed by atoms with Gasteiger partial charge in [-0.3, -0.25) is 14.5 Å². The van der Waals surface area contributed by atoms with Crippen molar-refractivity contribution < 1.29 is 14.0 Å². The second kappa shape index (κ2) is 10.9. The van der Waals surface area contributed by atoms with E-state index in [-0.39, 0.29) is 29.6 Å². The molecule has 1 aromatic rings. The summed E-state index contributed by atoms with van der Waals surface area (Å²) in [5.74, 6) is 0.332. The third-order valence-corrected chi connectivity index (χ3v) is 6.48. The second-order valence-corrected chi connectivity index (χ2v) is 9.28. The smallest absolute Gasteiger partial charge is 0.225 e. The van der Waals surface area contributed by atoms with Crippen LogP contribution < -0.4 is 10.2 Å². The molecule has 2 amide bonds. The molecule has 1 N–H and O–H groups in total. The Kier molecular flexibility index (Phi) is 8.29. The van der Waals surface area contributed by atoms with E-state index in [0.717, 1.165) is 44.8 Å². The highest BCUT2D eigenvalue weighted by atomic mass is 19.1. The molecule has 2 atom stereocenters. The molecule has 7 heteroatoms. The van der Waals surface area contributed by atoms with E-state index >= 15 is 0 Å². The van der Waals surface area contributed by atoms with Gasteiger partial charge in [-0.25, -0.2) is 4.39 Å². The molecule has 172 valence electrons. The van der Waals surface area contributed by atoms with E-state index in [4.69, 9.17) is 0 Å². The van der Waals surface area contributed by atoms with Crippen molar-refractivity contribution in [2.45, 2.75) is 46.1 Å². The summed E-state index contributed by atoms with van der Waals surface area (Å²) >= 11 is 0. The fourth-order valence-corrected chi connectivity index (χ4v) is 4.65. The van der Waals surface area contributed by atoms with Crippen LogP contribution in [-0.4, -0.2) is 73.5 Å². The van der Waals surface area contributed by atoms with E-state index in [9.17, 15) is 14.0 Å². The monoisotopic (exact) mass is 432 g/mol. The molecule has 0 saturated carbocycles. The quantitative estimate of drug-likeness (QED) is 0.642. The van der Waals surface area contributed by atoms with Crippen molar-refractivity contribution in [2.75, 3.05) is 50.7 Å². The summed E-state index contributed by atoms with van der Waals surface area (Å²) in [6.45, 7) is 12.3. The van der Waals surface area contributed by atoms with E-state index in [0.29, 0.717) is 31.8 Å². The third-order valence-electron chi connectivity index (χ3n) is 6.48. The lowest BCUT2D eigenvalue weighted by atomic mass is 9.88. The minimum Gasteiger partial charge on any atom is -0.369 e. The average Bonchev–Trinajstić information content (AvgIpc) is 2.75. The maximum Gasteiger partial charge on any atom is 0.225 e. The van der Waals surface area contributed by atoms with E-state index in [1.807, 2.05) is 24.0 Å². The molecular formula is C24H37FN4O2. The fourth-order valence-electron chi connectivity index (χ4n) is 4.65. The van der Waals surface area contributed by atoms with Gasteiger partial charge >= 0.3 is 0 Å². The predicted octanol–water partition coefficient (Wildman–Crippen LogP) is 2.74. The summed E-state index contributed by atoms with van der Waals surface area (Å²) in [5, 5.41) is 3.10. The van der Waals surface area contributed by atoms with Crippen LogP contribution in [0.5, 0.6) is 0 Å².